The second-order valence-electron chi connectivity index (χ2n) is 4.77. The van der Waals surface area contributed by atoms with Crippen LogP contribution in [-0.2, 0) is 6.54 Å². The van der Waals surface area contributed by atoms with Gasteiger partial charge in [-0.05, 0) is 36.8 Å². The smallest absolute Gasteiger partial charge is 0.256 e. The molecule has 0 saturated heterocycles. The zero-order chi connectivity index (χ0) is 14.7. The Kier molecular flexibility index (Phi) is 4.13. The Morgan fingerprint density at radius 2 is 1.75 bits per heavy atom. The number of carbonyl (C=O) groups excluding carboxylic acids is 1. The highest BCUT2D eigenvalue weighted by Crippen LogP contribution is 2.14. The Morgan fingerprint density at radius 1 is 1.10 bits per heavy atom. The van der Waals surface area contributed by atoms with Gasteiger partial charge in [0.05, 0.1) is 5.56 Å². The van der Waals surface area contributed by atoms with Crippen molar-refractivity contribution < 1.29 is 13.6 Å². The maximum absolute atomic E-state index is 13.7. The fourth-order valence-electron chi connectivity index (χ4n) is 1.94. The summed E-state index contributed by atoms with van der Waals surface area (Å²) in [5.74, 6) is -1.26. The van der Waals surface area contributed by atoms with E-state index < -0.39 is 11.7 Å². The predicted molar refractivity (Wildman–Crippen MR) is 73.3 cm³/mol. The first-order chi connectivity index (χ1) is 9.47. The van der Waals surface area contributed by atoms with E-state index in [4.69, 9.17) is 0 Å². The molecule has 0 aliphatic heterocycles. The van der Waals surface area contributed by atoms with E-state index in [2.05, 4.69) is 0 Å². The largest absolute Gasteiger partial charge is 0.337 e. The van der Waals surface area contributed by atoms with Crippen molar-refractivity contribution in [3.8, 4) is 0 Å². The third-order valence-corrected chi connectivity index (χ3v) is 3.03. The SMILES string of the molecule is Cc1ccc(F)c(C(=O)N(C)Cc2ccc(F)cc2)c1. The molecule has 0 saturated carbocycles. The Bertz CT molecular complexity index is 623. The van der Waals surface area contributed by atoms with E-state index in [9.17, 15) is 13.6 Å². The van der Waals surface area contributed by atoms with Gasteiger partial charge in [0.2, 0.25) is 0 Å². The van der Waals surface area contributed by atoms with Crippen LogP contribution in [0.15, 0.2) is 42.5 Å². The number of nitrogens with zero attached hydrogens (tertiary/aromatic N) is 1. The summed E-state index contributed by atoms with van der Waals surface area (Å²) >= 11 is 0. The summed E-state index contributed by atoms with van der Waals surface area (Å²) in [6.07, 6.45) is 0. The van der Waals surface area contributed by atoms with Crippen LogP contribution in [0.25, 0.3) is 0 Å². The molecular formula is C16H15F2NO. The van der Waals surface area contributed by atoms with Gasteiger partial charge in [-0.1, -0.05) is 23.8 Å². The van der Waals surface area contributed by atoms with Crippen molar-refractivity contribution in [3.05, 3.63) is 70.8 Å². The van der Waals surface area contributed by atoms with Gasteiger partial charge in [0.15, 0.2) is 0 Å². The van der Waals surface area contributed by atoms with Crippen molar-refractivity contribution in [3.63, 3.8) is 0 Å². The standard InChI is InChI=1S/C16H15F2NO/c1-11-3-8-15(18)14(9-11)16(20)19(2)10-12-4-6-13(17)7-5-12/h3-9H,10H2,1-2H3. The summed E-state index contributed by atoms with van der Waals surface area (Å²) in [6.45, 7) is 2.10. The summed E-state index contributed by atoms with van der Waals surface area (Å²) in [5, 5.41) is 0. The molecule has 2 nitrogen and oxygen atoms in total. The van der Waals surface area contributed by atoms with E-state index >= 15 is 0 Å². The molecule has 0 fully saturated rings. The zero-order valence-corrected chi connectivity index (χ0v) is 11.4. The van der Waals surface area contributed by atoms with E-state index in [1.54, 1.807) is 32.2 Å². The second-order valence-corrected chi connectivity index (χ2v) is 4.77. The van der Waals surface area contributed by atoms with Gasteiger partial charge in [-0.25, -0.2) is 8.78 Å². The zero-order valence-electron chi connectivity index (χ0n) is 11.4. The Labute approximate surface area is 116 Å². The molecule has 0 bridgehead atoms. The van der Waals surface area contributed by atoms with Gasteiger partial charge >= 0.3 is 0 Å². The minimum absolute atomic E-state index is 0.0506. The molecule has 0 spiro atoms. The number of benzene rings is 2. The maximum atomic E-state index is 13.7. The van der Waals surface area contributed by atoms with Gasteiger partial charge in [0, 0.05) is 13.6 Å². The van der Waals surface area contributed by atoms with E-state index in [1.807, 2.05) is 0 Å². The van der Waals surface area contributed by atoms with Crippen molar-refractivity contribution in [2.45, 2.75) is 13.5 Å². The lowest BCUT2D eigenvalue weighted by atomic mass is 10.1. The number of hydrogen-bond acceptors (Lipinski definition) is 1. The van der Waals surface area contributed by atoms with Gasteiger partial charge in [-0.3, -0.25) is 4.79 Å². The molecule has 0 unspecified atom stereocenters. The van der Waals surface area contributed by atoms with Gasteiger partial charge in [-0.15, -0.1) is 0 Å². The number of carbonyl (C=O) groups is 1. The van der Waals surface area contributed by atoms with Crippen LogP contribution in [0.5, 0.6) is 0 Å². The molecule has 0 aliphatic carbocycles. The van der Waals surface area contributed by atoms with Crippen LogP contribution in [0.1, 0.15) is 21.5 Å². The molecule has 2 aromatic rings. The van der Waals surface area contributed by atoms with Crippen molar-refractivity contribution >= 4 is 5.91 Å². The highest BCUT2D eigenvalue weighted by atomic mass is 19.1. The first kappa shape index (κ1) is 14.2. The summed E-state index contributed by atoms with van der Waals surface area (Å²) in [5.41, 5.74) is 1.66. The van der Waals surface area contributed by atoms with Crippen LogP contribution >= 0.6 is 0 Å². The van der Waals surface area contributed by atoms with Crippen molar-refractivity contribution in [2.24, 2.45) is 0 Å². The lowest BCUT2D eigenvalue weighted by Gasteiger charge is -2.18. The first-order valence-corrected chi connectivity index (χ1v) is 6.23. The Hall–Kier alpha value is -2.23. The van der Waals surface area contributed by atoms with E-state index in [-0.39, 0.29) is 11.4 Å². The van der Waals surface area contributed by atoms with Crippen molar-refractivity contribution in [1.29, 1.82) is 0 Å². The van der Waals surface area contributed by atoms with Crippen molar-refractivity contribution in [2.75, 3.05) is 7.05 Å². The van der Waals surface area contributed by atoms with Crippen molar-refractivity contribution in [1.82, 2.24) is 4.90 Å². The molecule has 4 heteroatoms. The highest BCUT2D eigenvalue weighted by Gasteiger charge is 2.16. The van der Waals surface area contributed by atoms with Crippen LogP contribution in [0.4, 0.5) is 8.78 Å². The maximum Gasteiger partial charge on any atom is 0.256 e. The van der Waals surface area contributed by atoms with Crippen LogP contribution < -0.4 is 0 Å². The Balaban J connectivity index is 2.16. The molecule has 0 N–H and O–H groups in total. The van der Waals surface area contributed by atoms with Gasteiger partial charge in [0.25, 0.3) is 5.91 Å². The molecule has 0 aliphatic rings. The minimum atomic E-state index is -0.536. The lowest BCUT2D eigenvalue weighted by molar-refractivity contribution is 0.0780. The molecule has 2 aromatic carbocycles. The van der Waals surface area contributed by atoms with Gasteiger partial charge in [-0.2, -0.15) is 0 Å². The molecule has 20 heavy (non-hydrogen) atoms. The average molecular weight is 275 g/mol. The lowest BCUT2D eigenvalue weighted by Crippen LogP contribution is -2.27. The summed E-state index contributed by atoms with van der Waals surface area (Å²) in [4.78, 5) is 13.6. The minimum Gasteiger partial charge on any atom is -0.337 e. The fraction of sp³-hybridized carbons (Fsp3) is 0.188. The summed E-state index contributed by atoms with van der Waals surface area (Å²) in [6, 6.07) is 10.3. The monoisotopic (exact) mass is 275 g/mol. The molecule has 0 atom stereocenters. The highest BCUT2D eigenvalue weighted by molar-refractivity contribution is 5.94. The third kappa shape index (κ3) is 3.20. The number of rotatable bonds is 3. The second kappa shape index (κ2) is 5.82. The third-order valence-electron chi connectivity index (χ3n) is 3.03. The molecule has 2 rings (SSSR count). The molecular weight excluding hydrogens is 260 g/mol. The fourth-order valence-corrected chi connectivity index (χ4v) is 1.94. The molecule has 104 valence electrons. The van der Waals surface area contributed by atoms with Crippen LogP contribution in [0.2, 0.25) is 0 Å². The quantitative estimate of drug-likeness (QED) is 0.839. The summed E-state index contributed by atoms with van der Waals surface area (Å²) in [7, 11) is 1.59. The van der Waals surface area contributed by atoms with Crippen LogP contribution in [0, 0.1) is 18.6 Å². The van der Waals surface area contributed by atoms with Gasteiger partial charge < -0.3 is 4.90 Å². The van der Waals surface area contributed by atoms with E-state index in [1.165, 1.54) is 29.2 Å². The molecule has 0 heterocycles. The topological polar surface area (TPSA) is 20.3 Å². The first-order valence-electron chi connectivity index (χ1n) is 6.23. The average Bonchev–Trinajstić information content (AvgIpc) is 2.43. The van der Waals surface area contributed by atoms with Crippen LogP contribution in [-0.4, -0.2) is 17.9 Å². The summed E-state index contributed by atoms with van der Waals surface area (Å²) < 4.78 is 26.5. The number of hydrogen-bond donors (Lipinski definition) is 0. The number of amides is 1. The molecule has 0 radical (unpaired) electrons. The van der Waals surface area contributed by atoms with E-state index in [0.717, 1.165) is 11.1 Å². The number of aryl methyl sites for hydroxylation is 1. The molecule has 0 aromatic heterocycles. The van der Waals surface area contributed by atoms with Gasteiger partial charge in [0.1, 0.15) is 11.6 Å². The Morgan fingerprint density at radius 3 is 2.40 bits per heavy atom. The molecule has 1 amide bonds. The van der Waals surface area contributed by atoms with Crippen LogP contribution in [0.3, 0.4) is 0 Å². The number of halogens is 2. The predicted octanol–water partition coefficient (Wildman–Crippen LogP) is 3.55. The normalized spacial score (nSPS) is 10.4. The van der Waals surface area contributed by atoms with E-state index in [0.29, 0.717) is 6.54 Å².